The average Bonchev–Trinajstić information content (AvgIpc) is 3.34. The third-order valence-electron chi connectivity index (χ3n) is 4.48. The van der Waals surface area contributed by atoms with Crippen LogP contribution < -0.4 is 14.8 Å². The van der Waals surface area contributed by atoms with Crippen LogP contribution in [0.15, 0.2) is 65.2 Å². The summed E-state index contributed by atoms with van der Waals surface area (Å²) in [5, 5.41) is 8.33. The molecule has 1 N–H and O–H groups in total. The maximum Gasteiger partial charge on any atom is 0.255 e. The molecule has 3 aromatic carbocycles. The maximum atomic E-state index is 12.7. The lowest BCUT2D eigenvalue weighted by Gasteiger charge is -2.06. The Kier molecular flexibility index (Phi) is 3.91. The Balaban J connectivity index is 1.46. The average molecular weight is 393 g/mol. The summed E-state index contributed by atoms with van der Waals surface area (Å²) >= 11 is 5.95. The molecule has 1 aliphatic rings. The smallest absolute Gasteiger partial charge is 0.255 e. The molecule has 7 heteroatoms. The van der Waals surface area contributed by atoms with Gasteiger partial charge in [-0.15, -0.1) is 0 Å². The minimum Gasteiger partial charge on any atom is -0.454 e. The van der Waals surface area contributed by atoms with E-state index in [1.54, 1.807) is 48.5 Å². The Labute approximate surface area is 164 Å². The molecule has 6 nitrogen and oxygen atoms in total. The molecule has 2 heterocycles. The van der Waals surface area contributed by atoms with Crippen LogP contribution in [0.4, 0.5) is 5.69 Å². The number of nitrogens with one attached hydrogen (secondary N) is 1. The van der Waals surface area contributed by atoms with Gasteiger partial charge < -0.3 is 19.3 Å². The topological polar surface area (TPSA) is 73.6 Å². The van der Waals surface area contributed by atoms with E-state index in [2.05, 4.69) is 10.5 Å². The highest BCUT2D eigenvalue weighted by Gasteiger charge is 2.17. The van der Waals surface area contributed by atoms with Gasteiger partial charge in [0.25, 0.3) is 5.91 Å². The van der Waals surface area contributed by atoms with Crippen molar-refractivity contribution in [1.82, 2.24) is 5.16 Å². The predicted octanol–water partition coefficient (Wildman–Crippen LogP) is 5.13. The fourth-order valence-electron chi connectivity index (χ4n) is 3.07. The van der Waals surface area contributed by atoms with Crippen LogP contribution in [0, 0.1) is 0 Å². The molecule has 0 bridgehead atoms. The Morgan fingerprint density at radius 2 is 1.79 bits per heavy atom. The minimum absolute atomic E-state index is 0.185. The van der Waals surface area contributed by atoms with Gasteiger partial charge in [0, 0.05) is 27.9 Å². The molecule has 0 aliphatic carbocycles. The molecule has 5 rings (SSSR count). The third-order valence-corrected chi connectivity index (χ3v) is 4.73. The van der Waals surface area contributed by atoms with Gasteiger partial charge in [-0.05, 0) is 54.6 Å². The van der Waals surface area contributed by atoms with Gasteiger partial charge in [-0.3, -0.25) is 4.79 Å². The van der Waals surface area contributed by atoms with Crippen LogP contribution in [0.5, 0.6) is 11.5 Å². The van der Waals surface area contributed by atoms with Crippen LogP contribution in [-0.4, -0.2) is 17.9 Å². The van der Waals surface area contributed by atoms with Crippen molar-refractivity contribution in [3.63, 3.8) is 0 Å². The molecule has 1 aliphatic heterocycles. The molecule has 1 amide bonds. The van der Waals surface area contributed by atoms with Crippen molar-refractivity contribution in [3.05, 3.63) is 71.2 Å². The van der Waals surface area contributed by atoms with Crippen LogP contribution in [0.1, 0.15) is 10.4 Å². The molecular formula is C21H13ClN2O4. The zero-order valence-corrected chi connectivity index (χ0v) is 15.2. The lowest BCUT2D eigenvalue weighted by molar-refractivity contribution is 0.102. The van der Waals surface area contributed by atoms with E-state index in [0.29, 0.717) is 39.0 Å². The van der Waals surface area contributed by atoms with E-state index < -0.39 is 0 Å². The Bertz CT molecular complexity index is 1200. The van der Waals surface area contributed by atoms with Crippen molar-refractivity contribution >= 4 is 34.1 Å². The standard InChI is InChI=1S/C21H13ClN2O4/c22-14-4-1-12(2-5-14)20-16-9-13(3-7-17(16)24-28-20)21(25)23-15-6-8-18-19(10-15)27-11-26-18/h1-10H,11H2,(H,23,25). The van der Waals surface area contributed by atoms with Gasteiger partial charge in [-0.1, -0.05) is 16.8 Å². The monoisotopic (exact) mass is 392 g/mol. The summed E-state index contributed by atoms with van der Waals surface area (Å²) in [6, 6.07) is 17.7. The number of halogens is 1. The largest absolute Gasteiger partial charge is 0.454 e. The summed E-state index contributed by atoms with van der Waals surface area (Å²) in [5.41, 5.74) is 2.62. The SMILES string of the molecule is O=C(Nc1ccc2c(c1)OCO2)c1ccc2noc(-c3ccc(Cl)cc3)c2c1. The predicted molar refractivity (Wildman–Crippen MR) is 105 cm³/mol. The van der Waals surface area contributed by atoms with Crippen molar-refractivity contribution in [3.8, 4) is 22.8 Å². The lowest BCUT2D eigenvalue weighted by Crippen LogP contribution is -2.11. The molecule has 0 saturated heterocycles. The summed E-state index contributed by atoms with van der Waals surface area (Å²) in [6.07, 6.45) is 0. The van der Waals surface area contributed by atoms with E-state index in [4.69, 9.17) is 25.6 Å². The number of aromatic nitrogens is 1. The number of ether oxygens (including phenoxy) is 2. The second kappa shape index (κ2) is 6.58. The number of hydrogen-bond acceptors (Lipinski definition) is 5. The molecule has 0 fully saturated rings. The Hall–Kier alpha value is -3.51. The van der Waals surface area contributed by atoms with E-state index in [9.17, 15) is 4.79 Å². The maximum absolute atomic E-state index is 12.7. The molecule has 0 atom stereocenters. The number of nitrogens with zero attached hydrogens (tertiary/aromatic N) is 1. The number of amides is 1. The highest BCUT2D eigenvalue weighted by molar-refractivity contribution is 6.30. The molecule has 138 valence electrons. The number of anilines is 1. The zero-order chi connectivity index (χ0) is 19.1. The summed E-state index contributed by atoms with van der Waals surface area (Å²) in [5.74, 6) is 1.61. The third kappa shape index (κ3) is 2.93. The fourth-order valence-corrected chi connectivity index (χ4v) is 3.20. The normalized spacial score (nSPS) is 12.3. The van der Waals surface area contributed by atoms with E-state index in [-0.39, 0.29) is 12.7 Å². The van der Waals surface area contributed by atoms with Crippen molar-refractivity contribution in [2.24, 2.45) is 0 Å². The van der Waals surface area contributed by atoms with E-state index in [0.717, 1.165) is 10.9 Å². The number of benzene rings is 3. The van der Waals surface area contributed by atoms with Gasteiger partial charge in [0.15, 0.2) is 17.3 Å². The number of carbonyl (C=O) groups excluding carboxylic acids is 1. The van der Waals surface area contributed by atoms with E-state index >= 15 is 0 Å². The first-order valence-corrected chi connectivity index (χ1v) is 8.91. The number of fused-ring (bicyclic) bond motifs is 2. The first-order chi connectivity index (χ1) is 13.7. The van der Waals surface area contributed by atoms with Crippen LogP contribution in [0.3, 0.4) is 0 Å². The van der Waals surface area contributed by atoms with E-state index in [1.807, 2.05) is 12.1 Å². The van der Waals surface area contributed by atoms with Crippen molar-refractivity contribution in [2.75, 3.05) is 12.1 Å². The molecule has 1 aromatic heterocycles. The first kappa shape index (κ1) is 16.6. The molecule has 0 spiro atoms. The van der Waals surface area contributed by atoms with Crippen molar-refractivity contribution in [1.29, 1.82) is 0 Å². The first-order valence-electron chi connectivity index (χ1n) is 8.54. The van der Waals surface area contributed by atoms with Gasteiger partial charge in [0.1, 0.15) is 5.52 Å². The van der Waals surface area contributed by atoms with Gasteiger partial charge >= 0.3 is 0 Å². The highest BCUT2D eigenvalue weighted by Crippen LogP contribution is 2.34. The van der Waals surface area contributed by atoms with Crippen molar-refractivity contribution < 1.29 is 18.8 Å². The van der Waals surface area contributed by atoms with Crippen LogP contribution in [-0.2, 0) is 0 Å². The Morgan fingerprint density at radius 1 is 0.964 bits per heavy atom. The number of hydrogen-bond donors (Lipinski definition) is 1. The van der Waals surface area contributed by atoms with E-state index in [1.165, 1.54) is 0 Å². The van der Waals surface area contributed by atoms with Gasteiger partial charge in [0.05, 0.1) is 5.39 Å². The highest BCUT2D eigenvalue weighted by atomic mass is 35.5. The molecule has 28 heavy (non-hydrogen) atoms. The number of rotatable bonds is 3. The van der Waals surface area contributed by atoms with Crippen LogP contribution in [0.2, 0.25) is 5.02 Å². The fraction of sp³-hybridized carbons (Fsp3) is 0.0476. The zero-order valence-electron chi connectivity index (χ0n) is 14.4. The summed E-state index contributed by atoms with van der Waals surface area (Å²) in [4.78, 5) is 12.7. The van der Waals surface area contributed by atoms with Crippen LogP contribution in [0.25, 0.3) is 22.2 Å². The lowest BCUT2D eigenvalue weighted by atomic mass is 10.1. The molecule has 0 saturated carbocycles. The Morgan fingerprint density at radius 3 is 2.64 bits per heavy atom. The summed E-state index contributed by atoms with van der Waals surface area (Å²) in [6.45, 7) is 0.185. The molecule has 4 aromatic rings. The quantitative estimate of drug-likeness (QED) is 0.523. The summed E-state index contributed by atoms with van der Waals surface area (Å²) in [7, 11) is 0. The van der Waals surface area contributed by atoms with Gasteiger partial charge in [-0.25, -0.2) is 0 Å². The minimum atomic E-state index is -0.246. The second-order valence-electron chi connectivity index (χ2n) is 6.27. The number of carbonyl (C=O) groups is 1. The molecular weight excluding hydrogens is 380 g/mol. The van der Waals surface area contributed by atoms with Gasteiger partial charge in [-0.2, -0.15) is 0 Å². The molecule has 0 radical (unpaired) electrons. The summed E-state index contributed by atoms with van der Waals surface area (Å²) < 4.78 is 16.1. The van der Waals surface area contributed by atoms with Crippen molar-refractivity contribution in [2.45, 2.75) is 0 Å². The second-order valence-corrected chi connectivity index (χ2v) is 6.71. The van der Waals surface area contributed by atoms with Gasteiger partial charge in [0.2, 0.25) is 6.79 Å². The molecule has 0 unspecified atom stereocenters. The van der Waals surface area contributed by atoms with Crippen LogP contribution >= 0.6 is 11.6 Å².